The fraction of sp³-hybridized carbons (Fsp3) is 0.176. The standard InChI is InChI=1S/C17H16FNO5S/c1-2-24-16(20)11-19-25(22,23)15-10-6-4-8-13(15)17(21)12-7-3-5-9-14(12)18/h3-10,19H,2,11H2,1H3. The SMILES string of the molecule is CCOC(=O)CNS(=O)(=O)c1ccccc1C(=O)c1ccccc1F. The maximum absolute atomic E-state index is 13.8. The zero-order chi connectivity index (χ0) is 18.4. The quantitative estimate of drug-likeness (QED) is 0.598. The topological polar surface area (TPSA) is 89.5 Å². The summed E-state index contributed by atoms with van der Waals surface area (Å²) in [5.74, 6) is -2.27. The average molecular weight is 365 g/mol. The maximum atomic E-state index is 13.8. The third kappa shape index (κ3) is 4.49. The van der Waals surface area contributed by atoms with Crippen LogP contribution in [0.2, 0.25) is 0 Å². The lowest BCUT2D eigenvalue weighted by Crippen LogP contribution is -2.31. The number of hydrogen-bond donors (Lipinski definition) is 1. The largest absolute Gasteiger partial charge is 0.465 e. The van der Waals surface area contributed by atoms with Gasteiger partial charge in [-0.05, 0) is 31.2 Å². The number of rotatable bonds is 7. The summed E-state index contributed by atoms with van der Waals surface area (Å²) in [6.45, 7) is 1.14. The summed E-state index contributed by atoms with van der Waals surface area (Å²) in [5, 5.41) is 0. The Hall–Kier alpha value is -2.58. The Labute approximate surface area is 144 Å². The van der Waals surface area contributed by atoms with Crippen molar-refractivity contribution >= 4 is 21.8 Å². The van der Waals surface area contributed by atoms with Gasteiger partial charge in [0.15, 0.2) is 5.78 Å². The lowest BCUT2D eigenvalue weighted by atomic mass is 10.0. The van der Waals surface area contributed by atoms with Crippen LogP contribution in [0.1, 0.15) is 22.8 Å². The van der Waals surface area contributed by atoms with Gasteiger partial charge in [0, 0.05) is 5.56 Å². The van der Waals surface area contributed by atoms with Gasteiger partial charge < -0.3 is 4.74 Å². The van der Waals surface area contributed by atoms with Crippen molar-refractivity contribution in [1.82, 2.24) is 4.72 Å². The molecule has 0 unspecified atom stereocenters. The second-order valence-electron chi connectivity index (χ2n) is 4.93. The summed E-state index contributed by atoms with van der Waals surface area (Å²) in [7, 11) is -4.16. The van der Waals surface area contributed by atoms with Gasteiger partial charge >= 0.3 is 5.97 Å². The van der Waals surface area contributed by atoms with Gasteiger partial charge in [0.25, 0.3) is 0 Å². The molecular weight excluding hydrogens is 349 g/mol. The Morgan fingerprint density at radius 2 is 1.64 bits per heavy atom. The van der Waals surface area contributed by atoms with Crippen molar-refractivity contribution in [1.29, 1.82) is 0 Å². The molecule has 6 nitrogen and oxygen atoms in total. The van der Waals surface area contributed by atoms with E-state index < -0.39 is 34.1 Å². The van der Waals surface area contributed by atoms with Crippen LogP contribution >= 0.6 is 0 Å². The molecule has 0 atom stereocenters. The number of benzene rings is 2. The van der Waals surface area contributed by atoms with E-state index in [9.17, 15) is 22.4 Å². The highest BCUT2D eigenvalue weighted by molar-refractivity contribution is 7.89. The Kier molecular flexibility index (Phi) is 6.00. The van der Waals surface area contributed by atoms with E-state index in [2.05, 4.69) is 9.46 Å². The van der Waals surface area contributed by atoms with Gasteiger partial charge in [-0.3, -0.25) is 9.59 Å². The van der Waals surface area contributed by atoms with Crippen LogP contribution in [-0.4, -0.2) is 33.3 Å². The third-order valence-electron chi connectivity index (χ3n) is 3.25. The fourth-order valence-corrected chi connectivity index (χ4v) is 3.29. The zero-order valence-electron chi connectivity index (χ0n) is 13.4. The van der Waals surface area contributed by atoms with E-state index in [4.69, 9.17) is 0 Å². The molecule has 0 saturated heterocycles. The smallest absolute Gasteiger partial charge is 0.321 e. The van der Waals surface area contributed by atoms with Crippen LogP contribution in [0, 0.1) is 5.82 Å². The summed E-state index contributed by atoms with van der Waals surface area (Å²) >= 11 is 0. The lowest BCUT2D eigenvalue weighted by molar-refractivity contribution is -0.141. The first-order valence-corrected chi connectivity index (χ1v) is 8.88. The number of halogens is 1. The molecule has 0 spiro atoms. The van der Waals surface area contributed by atoms with Crippen molar-refractivity contribution in [2.24, 2.45) is 0 Å². The van der Waals surface area contributed by atoms with E-state index in [1.54, 1.807) is 6.92 Å². The second kappa shape index (κ2) is 8.00. The van der Waals surface area contributed by atoms with E-state index in [0.29, 0.717) is 0 Å². The fourth-order valence-electron chi connectivity index (χ4n) is 2.12. The van der Waals surface area contributed by atoms with Crippen molar-refractivity contribution in [2.75, 3.05) is 13.2 Å². The molecule has 0 bridgehead atoms. The van der Waals surface area contributed by atoms with Crippen molar-refractivity contribution in [2.45, 2.75) is 11.8 Å². The predicted octanol–water partition coefficient (Wildman–Crippen LogP) is 1.90. The van der Waals surface area contributed by atoms with Crippen LogP contribution < -0.4 is 4.72 Å². The summed E-state index contributed by atoms with van der Waals surface area (Å²) in [5.41, 5.74) is -0.431. The molecule has 0 amide bonds. The minimum absolute atomic E-state index is 0.114. The molecule has 0 heterocycles. The second-order valence-corrected chi connectivity index (χ2v) is 6.67. The average Bonchev–Trinajstić information content (AvgIpc) is 2.60. The van der Waals surface area contributed by atoms with E-state index >= 15 is 0 Å². The first-order chi connectivity index (χ1) is 11.9. The summed E-state index contributed by atoms with van der Waals surface area (Å²) < 4.78 is 45.4. The van der Waals surface area contributed by atoms with Crippen LogP contribution in [0.15, 0.2) is 53.4 Å². The molecule has 8 heteroatoms. The highest BCUT2D eigenvalue weighted by Crippen LogP contribution is 2.20. The molecule has 0 radical (unpaired) electrons. The third-order valence-corrected chi connectivity index (χ3v) is 4.71. The number of ether oxygens (including phenoxy) is 1. The molecule has 132 valence electrons. The molecule has 25 heavy (non-hydrogen) atoms. The molecule has 0 saturated carbocycles. The number of nitrogens with one attached hydrogen (secondary N) is 1. The van der Waals surface area contributed by atoms with Gasteiger partial charge in [-0.1, -0.05) is 24.3 Å². The van der Waals surface area contributed by atoms with E-state index in [-0.39, 0.29) is 22.6 Å². The Morgan fingerprint density at radius 1 is 1.04 bits per heavy atom. The molecule has 2 aromatic carbocycles. The van der Waals surface area contributed by atoms with E-state index in [0.717, 1.165) is 6.07 Å². The predicted molar refractivity (Wildman–Crippen MR) is 88.1 cm³/mol. The first kappa shape index (κ1) is 18.8. The minimum atomic E-state index is -4.16. The van der Waals surface area contributed by atoms with Crippen LogP contribution in [0.4, 0.5) is 4.39 Å². The Morgan fingerprint density at radius 3 is 2.28 bits per heavy atom. The van der Waals surface area contributed by atoms with Crippen LogP contribution in [0.3, 0.4) is 0 Å². The Bertz CT molecular complexity index is 895. The van der Waals surface area contributed by atoms with Crippen LogP contribution in [0.5, 0.6) is 0 Å². The molecular formula is C17H16FNO5S. The van der Waals surface area contributed by atoms with Crippen molar-refractivity contribution < 1.29 is 27.1 Å². The highest BCUT2D eigenvalue weighted by Gasteiger charge is 2.24. The van der Waals surface area contributed by atoms with Gasteiger partial charge in [-0.25, -0.2) is 12.8 Å². The number of carbonyl (C=O) groups is 2. The van der Waals surface area contributed by atoms with Gasteiger partial charge in [-0.2, -0.15) is 4.72 Å². The monoisotopic (exact) mass is 365 g/mol. The normalized spacial score (nSPS) is 11.1. The minimum Gasteiger partial charge on any atom is -0.465 e. The number of carbonyl (C=O) groups excluding carboxylic acids is 2. The van der Waals surface area contributed by atoms with Gasteiger partial charge in [0.2, 0.25) is 10.0 Å². The lowest BCUT2D eigenvalue weighted by Gasteiger charge is -2.11. The molecule has 1 N–H and O–H groups in total. The van der Waals surface area contributed by atoms with Gasteiger partial charge in [0.05, 0.1) is 17.1 Å². The molecule has 0 aliphatic heterocycles. The summed E-state index contributed by atoms with van der Waals surface area (Å²) in [4.78, 5) is 23.6. The molecule has 2 rings (SSSR count). The highest BCUT2D eigenvalue weighted by atomic mass is 32.2. The van der Waals surface area contributed by atoms with Crippen molar-refractivity contribution in [3.8, 4) is 0 Å². The molecule has 0 fully saturated rings. The van der Waals surface area contributed by atoms with Crippen LogP contribution in [-0.2, 0) is 19.6 Å². The first-order valence-electron chi connectivity index (χ1n) is 7.40. The zero-order valence-corrected chi connectivity index (χ0v) is 14.2. The number of ketones is 1. The van der Waals surface area contributed by atoms with Crippen molar-refractivity contribution in [3.05, 3.63) is 65.5 Å². The summed E-state index contributed by atoms with van der Waals surface area (Å²) in [6.07, 6.45) is 0. The number of sulfonamides is 1. The molecule has 2 aromatic rings. The summed E-state index contributed by atoms with van der Waals surface area (Å²) in [6, 6.07) is 10.7. The van der Waals surface area contributed by atoms with E-state index in [1.807, 2.05) is 0 Å². The molecule has 0 aliphatic rings. The molecule has 0 aliphatic carbocycles. The Balaban J connectivity index is 2.36. The number of hydrogen-bond acceptors (Lipinski definition) is 5. The van der Waals surface area contributed by atoms with E-state index in [1.165, 1.54) is 42.5 Å². The van der Waals surface area contributed by atoms with Gasteiger partial charge in [0.1, 0.15) is 12.4 Å². The van der Waals surface area contributed by atoms with Crippen molar-refractivity contribution in [3.63, 3.8) is 0 Å². The van der Waals surface area contributed by atoms with Crippen LogP contribution in [0.25, 0.3) is 0 Å². The maximum Gasteiger partial charge on any atom is 0.321 e. The van der Waals surface area contributed by atoms with Gasteiger partial charge in [-0.15, -0.1) is 0 Å². The molecule has 0 aromatic heterocycles. The number of esters is 1.